The van der Waals surface area contributed by atoms with E-state index in [1.165, 1.54) is 54.9 Å². The molecule has 3 rings (SSSR count). The van der Waals surface area contributed by atoms with E-state index in [-0.39, 0.29) is 0 Å². The monoisotopic (exact) mass is 206 g/mol. The number of hydrogen-bond donors (Lipinski definition) is 0. The van der Waals surface area contributed by atoms with Crippen molar-refractivity contribution in [2.45, 2.75) is 38.5 Å². The molecule has 0 fully saturated rings. The van der Waals surface area contributed by atoms with Gasteiger partial charge >= 0.3 is 0 Å². The van der Waals surface area contributed by atoms with Crippen LogP contribution < -0.4 is 0 Å². The minimum atomic E-state index is 1.18. The van der Waals surface area contributed by atoms with Crippen LogP contribution in [0, 0.1) is 0 Å². The van der Waals surface area contributed by atoms with Gasteiger partial charge in [0, 0.05) is 17.3 Å². The summed E-state index contributed by atoms with van der Waals surface area (Å²) in [6, 6.07) is 0. The Hall–Kier alpha value is -0.830. The molecule has 2 aromatic rings. The molecule has 1 aliphatic carbocycles. The quantitative estimate of drug-likeness (QED) is 0.647. The molecule has 0 bridgehead atoms. The summed E-state index contributed by atoms with van der Waals surface area (Å²) in [5.41, 5.74) is 2.83. The van der Waals surface area contributed by atoms with Crippen LogP contribution in [0.4, 0.5) is 0 Å². The molecule has 2 nitrogen and oxygen atoms in total. The largest absolute Gasteiger partial charge is 0.294 e. The van der Waals surface area contributed by atoms with Crippen LogP contribution in [0.25, 0.3) is 4.96 Å². The Morgan fingerprint density at radius 3 is 2.93 bits per heavy atom. The standard InChI is InChI=1S/C11H14N2S/c1-2-4-6-10-9(5-3-1)12-11-13(10)7-8-14-11/h7-8H,1-6H2. The smallest absolute Gasteiger partial charge is 0.194 e. The Balaban J connectivity index is 2.12. The molecule has 3 heteroatoms. The molecule has 1 aliphatic rings. The van der Waals surface area contributed by atoms with Gasteiger partial charge in [-0.25, -0.2) is 4.98 Å². The third-order valence-electron chi connectivity index (χ3n) is 3.02. The lowest BCUT2D eigenvalue weighted by Crippen LogP contribution is -2.00. The summed E-state index contributed by atoms with van der Waals surface area (Å²) >= 11 is 1.75. The number of aromatic nitrogens is 2. The van der Waals surface area contributed by atoms with Crippen LogP contribution in [-0.4, -0.2) is 9.38 Å². The summed E-state index contributed by atoms with van der Waals surface area (Å²) in [5, 5.41) is 2.13. The number of aryl methyl sites for hydroxylation is 2. The topological polar surface area (TPSA) is 17.3 Å². The summed E-state index contributed by atoms with van der Waals surface area (Å²) in [7, 11) is 0. The van der Waals surface area contributed by atoms with Crippen molar-refractivity contribution in [3.05, 3.63) is 23.0 Å². The highest BCUT2D eigenvalue weighted by Crippen LogP contribution is 2.23. The first-order valence-electron chi connectivity index (χ1n) is 5.38. The van der Waals surface area contributed by atoms with E-state index in [2.05, 4.69) is 16.0 Å². The molecule has 0 amide bonds. The molecule has 0 atom stereocenters. The lowest BCUT2D eigenvalue weighted by Gasteiger charge is -2.08. The number of thiazole rings is 1. The Morgan fingerprint density at radius 1 is 1.14 bits per heavy atom. The predicted molar refractivity (Wildman–Crippen MR) is 58.9 cm³/mol. The van der Waals surface area contributed by atoms with Gasteiger partial charge in [-0.2, -0.15) is 0 Å². The summed E-state index contributed by atoms with van der Waals surface area (Å²) in [6.07, 6.45) is 9.97. The Bertz CT molecular complexity index is 441. The molecule has 14 heavy (non-hydrogen) atoms. The van der Waals surface area contributed by atoms with E-state index in [0.717, 1.165) is 0 Å². The van der Waals surface area contributed by atoms with Gasteiger partial charge in [0.1, 0.15) is 0 Å². The van der Waals surface area contributed by atoms with E-state index in [9.17, 15) is 0 Å². The zero-order valence-corrected chi connectivity index (χ0v) is 9.02. The Kier molecular flexibility index (Phi) is 2.05. The van der Waals surface area contributed by atoms with Crippen LogP contribution in [0.5, 0.6) is 0 Å². The number of hydrogen-bond acceptors (Lipinski definition) is 2. The highest BCUT2D eigenvalue weighted by molar-refractivity contribution is 7.15. The van der Waals surface area contributed by atoms with Crippen molar-refractivity contribution in [2.24, 2.45) is 0 Å². The fourth-order valence-corrected chi connectivity index (χ4v) is 3.03. The molecule has 0 spiro atoms. The maximum absolute atomic E-state index is 4.70. The van der Waals surface area contributed by atoms with Crippen LogP contribution in [0.2, 0.25) is 0 Å². The Morgan fingerprint density at radius 2 is 2.00 bits per heavy atom. The lowest BCUT2D eigenvalue weighted by molar-refractivity contribution is 0.605. The van der Waals surface area contributed by atoms with E-state index < -0.39 is 0 Å². The van der Waals surface area contributed by atoms with Gasteiger partial charge in [0.05, 0.1) is 5.69 Å². The van der Waals surface area contributed by atoms with Gasteiger partial charge in [-0.15, -0.1) is 11.3 Å². The number of rotatable bonds is 0. The zero-order chi connectivity index (χ0) is 9.38. The van der Waals surface area contributed by atoms with Crippen LogP contribution in [-0.2, 0) is 12.8 Å². The van der Waals surface area contributed by atoms with Crippen LogP contribution in [0.3, 0.4) is 0 Å². The van der Waals surface area contributed by atoms with Crippen molar-refractivity contribution < 1.29 is 0 Å². The van der Waals surface area contributed by atoms with E-state index >= 15 is 0 Å². The third kappa shape index (κ3) is 1.27. The van der Waals surface area contributed by atoms with E-state index in [1.54, 1.807) is 11.3 Å². The van der Waals surface area contributed by atoms with Crippen LogP contribution in [0.1, 0.15) is 37.1 Å². The van der Waals surface area contributed by atoms with E-state index in [1.807, 2.05) is 0 Å². The first-order chi connectivity index (χ1) is 6.95. The molecule has 0 aromatic carbocycles. The van der Waals surface area contributed by atoms with Crippen molar-refractivity contribution in [3.8, 4) is 0 Å². The van der Waals surface area contributed by atoms with Gasteiger partial charge in [-0.05, 0) is 25.7 Å². The second-order valence-electron chi connectivity index (χ2n) is 3.97. The molecule has 74 valence electrons. The molecule has 0 saturated heterocycles. The number of imidazole rings is 1. The number of nitrogens with zero attached hydrogens (tertiary/aromatic N) is 2. The molecule has 0 N–H and O–H groups in total. The first-order valence-corrected chi connectivity index (χ1v) is 6.26. The minimum absolute atomic E-state index is 1.18. The highest BCUT2D eigenvalue weighted by Gasteiger charge is 2.13. The third-order valence-corrected chi connectivity index (χ3v) is 3.78. The molecular formula is C11H14N2S. The fourth-order valence-electron chi connectivity index (χ4n) is 2.28. The maximum Gasteiger partial charge on any atom is 0.194 e. The second-order valence-corrected chi connectivity index (χ2v) is 4.85. The van der Waals surface area contributed by atoms with Crippen molar-refractivity contribution in [3.63, 3.8) is 0 Å². The van der Waals surface area contributed by atoms with Gasteiger partial charge in [0.15, 0.2) is 4.96 Å². The van der Waals surface area contributed by atoms with E-state index in [4.69, 9.17) is 4.98 Å². The van der Waals surface area contributed by atoms with Gasteiger partial charge in [-0.1, -0.05) is 12.8 Å². The first kappa shape index (κ1) is 8.48. The van der Waals surface area contributed by atoms with E-state index in [0.29, 0.717) is 0 Å². The van der Waals surface area contributed by atoms with Crippen molar-refractivity contribution in [1.29, 1.82) is 0 Å². The molecule has 0 unspecified atom stereocenters. The zero-order valence-electron chi connectivity index (χ0n) is 8.20. The van der Waals surface area contributed by atoms with Gasteiger partial charge in [-0.3, -0.25) is 4.40 Å². The van der Waals surface area contributed by atoms with Crippen molar-refractivity contribution >= 4 is 16.3 Å². The van der Waals surface area contributed by atoms with Crippen molar-refractivity contribution in [1.82, 2.24) is 9.38 Å². The molecule has 2 aromatic heterocycles. The van der Waals surface area contributed by atoms with Gasteiger partial charge < -0.3 is 0 Å². The lowest BCUT2D eigenvalue weighted by atomic mass is 10.0. The van der Waals surface area contributed by atoms with Crippen LogP contribution >= 0.6 is 11.3 Å². The molecular weight excluding hydrogens is 192 g/mol. The normalized spacial score (nSPS) is 17.7. The highest BCUT2D eigenvalue weighted by atomic mass is 32.1. The molecule has 0 radical (unpaired) electrons. The van der Waals surface area contributed by atoms with Crippen molar-refractivity contribution in [2.75, 3.05) is 0 Å². The molecule has 2 heterocycles. The van der Waals surface area contributed by atoms with Crippen LogP contribution in [0.15, 0.2) is 11.6 Å². The van der Waals surface area contributed by atoms with Gasteiger partial charge in [0.25, 0.3) is 0 Å². The minimum Gasteiger partial charge on any atom is -0.294 e. The Labute approximate surface area is 87.6 Å². The summed E-state index contributed by atoms with van der Waals surface area (Å²) in [4.78, 5) is 5.87. The second kappa shape index (κ2) is 3.39. The summed E-state index contributed by atoms with van der Waals surface area (Å²) in [5.74, 6) is 0. The fraction of sp³-hybridized carbons (Fsp3) is 0.545. The SMILES string of the molecule is c1cn2c3c(nc2s1)CCCCCC3. The maximum atomic E-state index is 4.70. The predicted octanol–water partition coefficient (Wildman–Crippen LogP) is 3.05. The summed E-state index contributed by atoms with van der Waals surface area (Å²) in [6.45, 7) is 0. The average molecular weight is 206 g/mol. The summed E-state index contributed by atoms with van der Waals surface area (Å²) < 4.78 is 2.28. The average Bonchev–Trinajstić information content (AvgIpc) is 2.67. The van der Waals surface area contributed by atoms with Gasteiger partial charge in [0.2, 0.25) is 0 Å². The molecule has 0 saturated carbocycles. The number of fused-ring (bicyclic) bond motifs is 3. The molecule has 0 aliphatic heterocycles.